The SMILES string of the molecule is CCCCC(OC(C)C)(C(N)=O)c1ccccc1. The summed E-state index contributed by atoms with van der Waals surface area (Å²) >= 11 is 0. The highest BCUT2D eigenvalue weighted by molar-refractivity contribution is 5.85. The summed E-state index contributed by atoms with van der Waals surface area (Å²) in [5.74, 6) is -0.407. The third-order valence-corrected chi connectivity index (χ3v) is 2.96. The van der Waals surface area contributed by atoms with Crippen molar-refractivity contribution < 1.29 is 9.53 Å². The zero-order valence-corrected chi connectivity index (χ0v) is 11.5. The van der Waals surface area contributed by atoms with Gasteiger partial charge in [0.25, 0.3) is 5.91 Å². The van der Waals surface area contributed by atoms with Crippen LogP contribution in [-0.4, -0.2) is 12.0 Å². The first-order chi connectivity index (χ1) is 8.53. The largest absolute Gasteiger partial charge is 0.367 e. The molecular formula is C15H23NO2. The lowest BCUT2D eigenvalue weighted by atomic mass is 9.87. The van der Waals surface area contributed by atoms with Gasteiger partial charge in [-0.3, -0.25) is 4.79 Å². The molecule has 100 valence electrons. The third-order valence-electron chi connectivity index (χ3n) is 2.96. The van der Waals surface area contributed by atoms with Gasteiger partial charge in [0.2, 0.25) is 0 Å². The first kappa shape index (κ1) is 14.7. The number of carbonyl (C=O) groups excluding carboxylic acids is 1. The van der Waals surface area contributed by atoms with Gasteiger partial charge in [-0.25, -0.2) is 0 Å². The van der Waals surface area contributed by atoms with Gasteiger partial charge in [0.05, 0.1) is 6.10 Å². The van der Waals surface area contributed by atoms with Crippen molar-refractivity contribution >= 4 is 5.91 Å². The number of amides is 1. The second-order valence-corrected chi connectivity index (χ2v) is 4.83. The highest BCUT2D eigenvalue weighted by Gasteiger charge is 2.39. The predicted octanol–water partition coefficient (Wildman–Crippen LogP) is 2.98. The number of nitrogens with two attached hydrogens (primary N) is 1. The van der Waals surface area contributed by atoms with Crippen molar-refractivity contribution in [3.05, 3.63) is 35.9 Å². The smallest absolute Gasteiger partial charge is 0.254 e. The Hall–Kier alpha value is -1.35. The predicted molar refractivity (Wildman–Crippen MR) is 73.1 cm³/mol. The third kappa shape index (κ3) is 3.33. The monoisotopic (exact) mass is 249 g/mol. The number of unbranched alkanes of at least 4 members (excludes halogenated alkanes) is 1. The number of ether oxygens (including phenoxy) is 1. The fourth-order valence-corrected chi connectivity index (χ4v) is 2.13. The molecule has 3 nitrogen and oxygen atoms in total. The number of benzene rings is 1. The molecule has 0 heterocycles. The number of carbonyl (C=O) groups is 1. The maximum Gasteiger partial charge on any atom is 0.254 e. The average molecular weight is 249 g/mol. The molecule has 0 saturated carbocycles. The van der Waals surface area contributed by atoms with Crippen molar-refractivity contribution in [2.24, 2.45) is 5.73 Å². The average Bonchev–Trinajstić information content (AvgIpc) is 2.34. The molecule has 18 heavy (non-hydrogen) atoms. The van der Waals surface area contributed by atoms with Crippen LogP contribution < -0.4 is 5.73 Å². The van der Waals surface area contributed by atoms with Gasteiger partial charge in [0, 0.05) is 0 Å². The molecule has 1 unspecified atom stereocenters. The summed E-state index contributed by atoms with van der Waals surface area (Å²) in [4.78, 5) is 12.0. The van der Waals surface area contributed by atoms with Crippen molar-refractivity contribution in [1.82, 2.24) is 0 Å². The van der Waals surface area contributed by atoms with Gasteiger partial charge in [-0.2, -0.15) is 0 Å². The van der Waals surface area contributed by atoms with Crippen LogP contribution >= 0.6 is 0 Å². The van der Waals surface area contributed by atoms with Crippen LogP contribution in [0.3, 0.4) is 0 Å². The van der Waals surface area contributed by atoms with E-state index in [2.05, 4.69) is 6.92 Å². The van der Waals surface area contributed by atoms with Gasteiger partial charge in [-0.15, -0.1) is 0 Å². The van der Waals surface area contributed by atoms with Gasteiger partial charge in [0.1, 0.15) is 0 Å². The Bertz CT molecular complexity index is 375. The van der Waals surface area contributed by atoms with E-state index in [1.807, 2.05) is 44.2 Å². The lowest BCUT2D eigenvalue weighted by Crippen LogP contribution is -2.45. The zero-order chi connectivity index (χ0) is 13.6. The molecule has 0 aromatic heterocycles. The fourth-order valence-electron chi connectivity index (χ4n) is 2.13. The van der Waals surface area contributed by atoms with E-state index in [1.54, 1.807) is 0 Å². The summed E-state index contributed by atoms with van der Waals surface area (Å²) in [7, 11) is 0. The Morgan fingerprint density at radius 2 is 1.94 bits per heavy atom. The van der Waals surface area contributed by atoms with E-state index in [-0.39, 0.29) is 6.10 Å². The lowest BCUT2D eigenvalue weighted by Gasteiger charge is -2.33. The van der Waals surface area contributed by atoms with Crippen molar-refractivity contribution in [3.8, 4) is 0 Å². The Balaban J connectivity index is 3.15. The molecule has 3 heteroatoms. The highest BCUT2D eigenvalue weighted by atomic mass is 16.5. The Kier molecular flexibility index (Phi) is 5.35. The van der Waals surface area contributed by atoms with Crippen molar-refractivity contribution in [1.29, 1.82) is 0 Å². The lowest BCUT2D eigenvalue weighted by molar-refractivity contribution is -0.153. The van der Waals surface area contributed by atoms with Gasteiger partial charge in [-0.1, -0.05) is 43.7 Å². The molecule has 0 spiro atoms. The topological polar surface area (TPSA) is 52.3 Å². The van der Waals surface area contributed by atoms with E-state index >= 15 is 0 Å². The summed E-state index contributed by atoms with van der Waals surface area (Å²) in [6.45, 7) is 5.94. The van der Waals surface area contributed by atoms with Crippen LogP contribution in [0.25, 0.3) is 0 Å². The zero-order valence-electron chi connectivity index (χ0n) is 11.5. The normalized spacial score (nSPS) is 14.4. The molecular weight excluding hydrogens is 226 g/mol. The van der Waals surface area contributed by atoms with Gasteiger partial charge in [0.15, 0.2) is 5.60 Å². The minimum atomic E-state index is -0.995. The summed E-state index contributed by atoms with van der Waals surface area (Å²) < 4.78 is 5.91. The van der Waals surface area contributed by atoms with Crippen LogP contribution in [0.5, 0.6) is 0 Å². The minimum Gasteiger partial charge on any atom is -0.367 e. The Labute approximate surface area is 109 Å². The first-order valence-electron chi connectivity index (χ1n) is 6.56. The molecule has 0 bridgehead atoms. The molecule has 0 aliphatic carbocycles. The standard InChI is InChI=1S/C15H23NO2/c1-4-5-11-15(14(16)17,18-12(2)3)13-9-7-6-8-10-13/h6-10,12H,4-5,11H2,1-3H3,(H2,16,17). The number of rotatable bonds is 7. The van der Waals surface area contributed by atoms with E-state index in [4.69, 9.17) is 10.5 Å². The van der Waals surface area contributed by atoms with Crippen molar-refractivity contribution in [3.63, 3.8) is 0 Å². The molecule has 1 amide bonds. The molecule has 1 aromatic rings. The molecule has 0 aliphatic heterocycles. The maximum absolute atomic E-state index is 12.0. The van der Waals surface area contributed by atoms with Crippen LogP contribution in [0.1, 0.15) is 45.6 Å². The summed E-state index contributed by atoms with van der Waals surface area (Å²) in [6.07, 6.45) is 2.49. The van der Waals surface area contributed by atoms with Gasteiger partial charge >= 0.3 is 0 Å². The second kappa shape index (κ2) is 6.55. The first-order valence-corrected chi connectivity index (χ1v) is 6.56. The van der Waals surface area contributed by atoms with Crippen LogP contribution in [-0.2, 0) is 15.1 Å². The molecule has 0 radical (unpaired) electrons. The maximum atomic E-state index is 12.0. The number of hydrogen-bond acceptors (Lipinski definition) is 2. The van der Waals surface area contributed by atoms with E-state index in [0.717, 1.165) is 18.4 Å². The van der Waals surface area contributed by atoms with Gasteiger partial charge in [-0.05, 0) is 32.3 Å². The summed E-state index contributed by atoms with van der Waals surface area (Å²) in [6, 6.07) is 9.54. The van der Waals surface area contributed by atoms with E-state index < -0.39 is 11.5 Å². The fraction of sp³-hybridized carbons (Fsp3) is 0.533. The van der Waals surface area contributed by atoms with Crippen molar-refractivity contribution in [2.45, 2.75) is 51.7 Å². The molecule has 1 rings (SSSR count). The highest BCUT2D eigenvalue weighted by Crippen LogP contribution is 2.32. The van der Waals surface area contributed by atoms with Crippen molar-refractivity contribution in [2.75, 3.05) is 0 Å². The van der Waals surface area contributed by atoms with Crippen LogP contribution in [0.4, 0.5) is 0 Å². The minimum absolute atomic E-state index is 0.0467. The number of hydrogen-bond donors (Lipinski definition) is 1. The van der Waals surface area contributed by atoms with Crippen LogP contribution in [0.2, 0.25) is 0 Å². The Morgan fingerprint density at radius 1 is 1.33 bits per heavy atom. The summed E-state index contributed by atoms with van der Waals surface area (Å²) in [5, 5.41) is 0. The molecule has 1 aromatic carbocycles. The van der Waals surface area contributed by atoms with E-state index in [9.17, 15) is 4.79 Å². The molecule has 0 aliphatic rings. The van der Waals surface area contributed by atoms with Gasteiger partial charge < -0.3 is 10.5 Å². The van der Waals surface area contributed by atoms with Crippen LogP contribution in [0, 0.1) is 0 Å². The molecule has 2 N–H and O–H groups in total. The Morgan fingerprint density at radius 3 is 2.39 bits per heavy atom. The van der Waals surface area contributed by atoms with Crippen LogP contribution in [0.15, 0.2) is 30.3 Å². The van der Waals surface area contributed by atoms with E-state index in [1.165, 1.54) is 0 Å². The number of primary amides is 1. The molecule has 1 atom stereocenters. The molecule has 0 fully saturated rings. The second-order valence-electron chi connectivity index (χ2n) is 4.83. The molecule has 0 saturated heterocycles. The summed E-state index contributed by atoms with van der Waals surface area (Å²) in [5.41, 5.74) is 5.48. The quantitative estimate of drug-likeness (QED) is 0.807. The van der Waals surface area contributed by atoms with E-state index in [0.29, 0.717) is 6.42 Å².